The van der Waals surface area contributed by atoms with Crippen molar-refractivity contribution in [1.29, 1.82) is 0 Å². The number of imidazole rings is 1. The van der Waals surface area contributed by atoms with E-state index in [-0.39, 0.29) is 17.8 Å². The molecule has 1 aromatic carbocycles. The highest BCUT2D eigenvalue weighted by atomic mass is 19.1. The van der Waals surface area contributed by atoms with E-state index in [2.05, 4.69) is 15.3 Å². The number of carbonyl (C=O) groups is 1. The Bertz CT molecular complexity index is 977. The van der Waals surface area contributed by atoms with E-state index >= 15 is 0 Å². The van der Waals surface area contributed by atoms with Crippen LogP contribution in [0.15, 0.2) is 36.7 Å². The quantitative estimate of drug-likeness (QED) is 0.763. The first-order valence-electron chi connectivity index (χ1n) is 9.00. The van der Waals surface area contributed by atoms with Crippen molar-refractivity contribution in [1.82, 2.24) is 19.7 Å². The van der Waals surface area contributed by atoms with Crippen molar-refractivity contribution < 1.29 is 9.18 Å². The highest BCUT2D eigenvalue weighted by molar-refractivity contribution is 5.98. The molecule has 1 aliphatic carbocycles. The molecule has 134 valence electrons. The number of nitrogens with one attached hydrogen (secondary N) is 1. The molecule has 0 radical (unpaired) electrons. The lowest BCUT2D eigenvalue weighted by molar-refractivity contribution is 0.0933. The van der Waals surface area contributed by atoms with Gasteiger partial charge in [0.15, 0.2) is 11.3 Å². The Morgan fingerprint density at radius 3 is 2.88 bits per heavy atom. The topological polar surface area (TPSA) is 59.3 Å². The largest absolute Gasteiger partial charge is 0.348 e. The second-order valence-corrected chi connectivity index (χ2v) is 6.88. The number of aromatic nitrogens is 3. The molecule has 0 saturated heterocycles. The highest BCUT2D eigenvalue weighted by Crippen LogP contribution is 2.32. The Morgan fingerprint density at radius 1 is 1.38 bits per heavy atom. The van der Waals surface area contributed by atoms with Gasteiger partial charge in [0, 0.05) is 17.3 Å². The van der Waals surface area contributed by atoms with Crippen molar-refractivity contribution in [2.24, 2.45) is 5.92 Å². The summed E-state index contributed by atoms with van der Waals surface area (Å²) >= 11 is 0. The Morgan fingerprint density at radius 2 is 2.19 bits per heavy atom. The fourth-order valence-electron chi connectivity index (χ4n) is 3.25. The summed E-state index contributed by atoms with van der Waals surface area (Å²) in [6.45, 7) is 4.05. The molecule has 1 fully saturated rings. The van der Waals surface area contributed by atoms with Gasteiger partial charge in [-0.05, 0) is 50.3 Å². The molecule has 1 unspecified atom stereocenters. The summed E-state index contributed by atoms with van der Waals surface area (Å²) in [6, 6.07) is 8.37. The molecular formula is C20H21FN4O. The molecule has 0 aliphatic heterocycles. The number of fused-ring (bicyclic) bond motifs is 1. The first-order valence-corrected chi connectivity index (χ1v) is 9.00. The maximum atomic E-state index is 13.6. The van der Waals surface area contributed by atoms with E-state index in [1.165, 1.54) is 12.1 Å². The Labute approximate surface area is 151 Å². The Balaban J connectivity index is 1.77. The second-order valence-electron chi connectivity index (χ2n) is 6.88. The van der Waals surface area contributed by atoms with E-state index in [0.717, 1.165) is 25.0 Å². The zero-order chi connectivity index (χ0) is 18.3. The standard InChI is InChI=1S/C20H21FN4O/c1-3-16-10-17(14-5-4-6-15(21)9-14)24-19-18(22-11-25(16)19)20(26)23-12(2)13-7-8-13/h4-6,9-13H,3,7-8H2,1-2H3,(H,23,26). The lowest BCUT2D eigenvalue weighted by Gasteiger charge is -2.12. The van der Waals surface area contributed by atoms with Crippen molar-refractivity contribution in [2.75, 3.05) is 0 Å². The molecule has 1 saturated carbocycles. The summed E-state index contributed by atoms with van der Waals surface area (Å²) in [4.78, 5) is 21.6. The fraction of sp³-hybridized carbons (Fsp3) is 0.350. The maximum absolute atomic E-state index is 13.6. The molecule has 0 spiro atoms. The molecule has 4 rings (SSSR count). The summed E-state index contributed by atoms with van der Waals surface area (Å²) in [5, 5.41) is 3.03. The van der Waals surface area contributed by atoms with Gasteiger partial charge in [0.2, 0.25) is 0 Å². The SMILES string of the molecule is CCc1cc(-c2cccc(F)c2)nc2c(C(=O)NC(C)C3CC3)ncn12. The summed E-state index contributed by atoms with van der Waals surface area (Å²) in [7, 11) is 0. The van der Waals surface area contributed by atoms with Gasteiger partial charge in [0.05, 0.1) is 5.69 Å². The van der Waals surface area contributed by atoms with Crippen molar-refractivity contribution in [3.8, 4) is 11.3 Å². The summed E-state index contributed by atoms with van der Waals surface area (Å²) in [6.07, 6.45) is 4.70. The third kappa shape index (κ3) is 3.07. The third-order valence-corrected chi connectivity index (χ3v) is 4.97. The van der Waals surface area contributed by atoms with Gasteiger partial charge in [0.1, 0.15) is 12.1 Å². The summed E-state index contributed by atoms with van der Waals surface area (Å²) < 4.78 is 15.4. The van der Waals surface area contributed by atoms with E-state index in [9.17, 15) is 9.18 Å². The van der Waals surface area contributed by atoms with Crippen LogP contribution in [0.3, 0.4) is 0 Å². The number of nitrogens with zero attached hydrogens (tertiary/aromatic N) is 3. The van der Waals surface area contributed by atoms with Gasteiger partial charge in [-0.2, -0.15) is 0 Å². The fourth-order valence-corrected chi connectivity index (χ4v) is 3.25. The molecule has 1 N–H and O–H groups in total. The van der Waals surface area contributed by atoms with Crippen LogP contribution in [0.2, 0.25) is 0 Å². The predicted octanol–water partition coefficient (Wildman–Crippen LogP) is 3.63. The van der Waals surface area contributed by atoms with Gasteiger partial charge < -0.3 is 5.32 Å². The number of halogens is 1. The molecule has 1 aliphatic rings. The van der Waals surface area contributed by atoms with Crippen LogP contribution < -0.4 is 5.32 Å². The van der Waals surface area contributed by atoms with Crippen LogP contribution in [0.25, 0.3) is 16.9 Å². The molecule has 6 heteroatoms. The second kappa shape index (κ2) is 6.52. The van der Waals surface area contributed by atoms with Crippen LogP contribution in [0.1, 0.15) is 42.9 Å². The smallest absolute Gasteiger partial charge is 0.274 e. The zero-order valence-electron chi connectivity index (χ0n) is 14.9. The van der Waals surface area contributed by atoms with E-state index in [1.807, 2.05) is 30.4 Å². The molecular weight excluding hydrogens is 331 g/mol. The lowest BCUT2D eigenvalue weighted by Crippen LogP contribution is -2.34. The average molecular weight is 352 g/mol. The van der Waals surface area contributed by atoms with Crippen LogP contribution in [0.4, 0.5) is 4.39 Å². The molecule has 1 atom stereocenters. The van der Waals surface area contributed by atoms with Crippen LogP contribution >= 0.6 is 0 Å². The third-order valence-electron chi connectivity index (χ3n) is 4.97. The zero-order valence-corrected chi connectivity index (χ0v) is 14.9. The van der Waals surface area contributed by atoms with E-state index in [0.29, 0.717) is 28.5 Å². The minimum atomic E-state index is -0.313. The van der Waals surface area contributed by atoms with Crippen molar-refractivity contribution in [3.63, 3.8) is 0 Å². The first kappa shape index (κ1) is 16.7. The Kier molecular flexibility index (Phi) is 4.18. The van der Waals surface area contributed by atoms with Gasteiger partial charge in [0.25, 0.3) is 5.91 Å². The van der Waals surface area contributed by atoms with Crippen molar-refractivity contribution >= 4 is 11.6 Å². The average Bonchev–Trinajstić information content (AvgIpc) is 3.40. The lowest BCUT2D eigenvalue weighted by atomic mass is 10.1. The van der Waals surface area contributed by atoms with Crippen LogP contribution in [0, 0.1) is 11.7 Å². The minimum Gasteiger partial charge on any atom is -0.348 e. The van der Waals surface area contributed by atoms with Gasteiger partial charge in [-0.3, -0.25) is 9.20 Å². The molecule has 3 aromatic rings. The summed E-state index contributed by atoms with van der Waals surface area (Å²) in [5.74, 6) is 0.0413. The van der Waals surface area contributed by atoms with Crippen LogP contribution in [-0.4, -0.2) is 26.3 Å². The molecule has 2 heterocycles. The summed E-state index contributed by atoms with van der Waals surface area (Å²) in [5.41, 5.74) is 3.10. The van der Waals surface area contributed by atoms with E-state index < -0.39 is 0 Å². The van der Waals surface area contributed by atoms with Crippen LogP contribution in [-0.2, 0) is 6.42 Å². The first-order chi connectivity index (χ1) is 12.6. The van der Waals surface area contributed by atoms with Gasteiger partial charge in [-0.25, -0.2) is 14.4 Å². The number of benzene rings is 1. The van der Waals surface area contributed by atoms with Crippen LogP contribution in [0.5, 0.6) is 0 Å². The molecule has 0 bridgehead atoms. The number of amides is 1. The number of carbonyl (C=O) groups excluding carboxylic acids is 1. The predicted molar refractivity (Wildman–Crippen MR) is 97.4 cm³/mol. The molecule has 5 nitrogen and oxygen atoms in total. The number of hydrogen-bond acceptors (Lipinski definition) is 3. The van der Waals surface area contributed by atoms with Crippen molar-refractivity contribution in [3.05, 3.63) is 53.9 Å². The van der Waals surface area contributed by atoms with Crippen molar-refractivity contribution in [2.45, 2.75) is 39.2 Å². The molecule has 26 heavy (non-hydrogen) atoms. The highest BCUT2D eigenvalue weighted by Gasteiger charge is 2.30. The number of hydrogen-bond donors (Lipinski definition) is 1. The van der Waals surface area contributed by atoms with E-state index in [1.54, 1.807) is 12.4 Å². The Hall–Kier alpha value is -2.76. The van der Waals surface area contributed by atoms with Gasteiger partial charge >= 0.3 is 0 Å². The van der Waals surface area contributed by atoms with Gasteiger partial charge in [-0.1, -0.05) is 19.1 Å². The monoisotopic (exact) mass is 352 g/mol. The normalized spacial score (nSPS) is 15.2. The minimum absolute atomic E-state index is 0.135. The van der Waals surface area contributed by atoms with Gasteiger partial charge in [-0.15, -0.1) is 0 Å². The van der Waals surface area contributed by atoms with E-state index in [4.69, 9.17) is 0 Å². The molecule has 2 aromatic heterocycles. The molecule has 1 amide bonds. The number of rotatable bonds is 5. The number of aryl methyl sites for hydroxylation is 1. The maximum Gasteiger partial charge on any atom is 0.274 e.